The number of rotatable bonds is 2. The van der Waals surface area contributed by atoms with Crippen molar-refractivity contribution in [1.29, 1.82) is 0 Å². The van der Waals surface area contributed by atoms with E-state index in [1.54, 1.807) is 12.4 Å². The van der Waals surface area contributed by atoms with Crippen LogP contribution in [0.5, 0.6) is 0 Å². The van der Waals surface area contributed by atoms with E-state index in [1.807, 2.05) is 30.3 Å². The summed E-state index contributed by atoms with van der Waals surface area (Å²) >= 11 is 0. The van der Waals surface area contributed by atoms with Gasteiger partial charge >= 0.3 is 6.03 Å². The Morgan fingerprint density at radius 3 is 2.75 bits per heavy atom. The summed E-state index contributed by atoms with van der Waals surface area (Å²) in [6.45, 7) is 0. The van der Waals surface area contributed by atoms with E-state index < -0.39 is 11.4 Å². The van der Waals surface area contributed by atoms with Crippen molar-refractivity contribution < 1.29 is 4.79 Å². The first-order valence-corrected chi connectivity index (χ1v) is 7.59. The Labute approximate surface area is 138 Å². The van der Waals surface area contributed by atoms with Crippen molar-refractivity contribution >= 4 is 12.1 Å². The standard InChI is InChI=1S/C18H15N5O/c19-17(24)23-15-10-18(8-6-13(15)11-22-23,14-4-2-1-3-5-14)16-7-9-20-12-21-16/h1-9,11-12H,10H2,(H2,19,24). The van der Waals surface area contributed by atoms with E-state index >= 15 is 0 Å². The number of primary amides is 1. The van der Waals surface area contributed by atoms with Gasteiger partial charge in [0.15, 0.2) is 0 Å². The van der Waals surface area contributed by atoms with Crippen LogP contribution in [0.1, 0.15) is 22.5 Å². The Kier molecular flexibility index (Phi) is 3.23. The molecule has 2 N–H and O–H groups in total. The molecular weight excluding hydrogens is 302 g/mol. The van der Waals surface area contributed by atoms with Gasteiger partial charge in [-0.3, -0.25) is 0 Å². The third kappa shape index (κ3) is 2.11. The summed E-state index contributed by atoms with van der Waals surface area (Å²) in [4.78, 5) is 20.2. The molecule has 4 rings (SSSR count). The highest BCUT2D eigenvalue weighted by atomic mass is 16.2. The minimum Gasteiger partial charge on any atom is -0.350 e. The molecule has 6 nitrogen and oxygen atoms in total. The maximum Gasteiger partial charge on any atom is 0.339 e. The highest BCUT2D eigenvalue weighted by Gasteiger charge is 2.38. The molecule has 2 aromatic heterocycles. The molecule has 0 saturated carbocycles. The maximum atomic E-state index is 11.7. The van der Waals surface area contributed by atoms with E-state index in [0.29, 0.717) is 6.42 Å². The fraction of sp³-hybridized carbons (Fsp3) is 0.111. The number of hydrogen-bond acceptors (Lipinski definition) is 4. The summed E-state index contributed by atoms with van der Waals surface area (Å²) in [6, 6.07) is 11.4. The van der Waals surface area contributed by atoms with E-state index in [4.69, 9.17) is 5.73 Å². The first-order valence-electron chi connectivity index (χ1n) is 7.59. The Balaban J connectivity index is 1.93. The van der Waals surface area contributed by atoms with E-state index in [1.165, 1.54) is 11.0 Å². The van der Waals surface area contributed by atoms with E-state index in [0.717, 1.165) is 22.5 Å². The molecule has 0 bridgehead atoms. The fourth-order valence-electron chi connectivity index (χ4n) is 3.26. The van der Waals surface area contributed by atoms with Gasteiger partial charge < -0.3 is 5.73 Å². The van der Waals surface area contributed by atoms with Crippen molar-refractivity contribution in [3.05, 3.63) is 83.7 Å². The van der Waals surface area contributed by atoms with Crippen LogP contribution in [-0.4, -0.2) is 25.8 Å². The van der Waals surface area contributed by atoms with Crippen LogP contribution in [0.15, 0.2) is 61.2 Å². The second-order valence-corrected chi connectivity index (χ2v) is 5.74. The van der Waals surface area contributed by atoms with Gasteiger partial charge in [-0.25, -0.2) is 14.8 Å². The number of hydrogen-bond donors (Lipinski definition) is 1. The maximum absolute atomic E-state index is 11.7. The molecule has 0 fully saturated rings. The number of carbonyl (C=O) groups excluding carboxylic acids is 1. The van der Waals surface area contributed by atoms with Crippen LogP contribution in [0.3, 0.4) is 0 Å². The molecule has 1 atom stereocenters. The molecule has 0 aliphatic heterocycles. The zero-order valence-electron chi connectivity index (χ0n) is 12.8. The van der Waals surface area contributed by atoms with Gasteiger partial charge in [0.25, 0.3) is 0 Å². The molecule has 2 heterocycles. The average Bonchev–Trinajstić information content (AvgIpc) is 3.06. The van der Waals surface area contributed by atoms with Gasteiger partial charge in [-0.05, 0) is 11.6 Å². The van der Waals surface area contributed by atoms with Crippen molar-refractivity contribution in [3.8, 4) is 0 Å². The molecule has 0 spiro atoms. The molecule has 1 amide bonds. The molecule has 118 valence electrons. The highest BCUT2D eigenvalue weighted by molar-refractivity contribution is 5.76. The second-order valence-electron chi connectivity index (χ2n) is 5.74. The van der Waals surface area contributed by atoms with Gasteiger partial charge in [0.05, 0.1) is 23.0 Å². The molecule has 1 aliphatic carbocycles. The first-order chi connectivity index (χ1) is 11.7. The third-order valence-corrected chi connectivity index (χ3v) is 4.43. The second kappa shape index (κ2) is 5.42. The largest absolute Gasteiger partial charge is 0.350 e. The highest BCUT2D eigenvalue weighted by Crippen LogP contribution is 2.40. The molecule has 3 aromatic rings. The molecule has 1 unspecified atom stereocenters. The topological polar surface area (TPSA) is 86.7 Å². The number of nitrogens with two attached hydrogens (primary N) is 1. The van der Waals surface area contributed by atoms with Crippen LogP contribution in [0.25, 0.3) is 6.08 Å². The number of nitrogens with zero attached hydrogens (tertiary/aromatic N) is 4. The minimum absolute atomic E-state index is 0.496. The molecular formula is C18H15N5O. The zero-order valence-corrected chi connectivity index (χ0v) is 12.8. The quantitative estimate of drug-likeness (QED) is 0.784. The molecule has 1 aromatic carbocycles. The van der Waals surface area contributed by atoms with Crippen molar-refractivity contribution in [2.75, 3.05) is 0 Å². The van der Waals surface area contributed by atoms with Gasteiger partial charge in [0.1, 0.15) is 6.33 Å². The fourth-order valence-corrected chi connectivity index (χ4v) is 3.26. The lowest BCUT2D eigenvalue weighted by molar-refractivity contribution is 0.246. The predicted molar refractivity (Wildman–Crippen MR) is 89.2 cm³/mol. The molecule has 6 heteroatoms. The zero-order chi connectivity index (χ0) is 16.6. The van der Waals surface area contributed by atoms with Crippen LogP contribution in [0.2, 0.25) is 0 Å². The number of aromatic nitrogens is 4. The normalized spacial score (nSPS) is 19.0. The van der Waals surface area contributed by atoms with Crippen LogP contribution in [-0.2, 0) is 11.8 Å². The number of amides is 1. The summed E-state index contributed by atoms with van der Waals surface area (Å²) in [5, 5.41) is 4.11. The van der Waals surface area contributed by atoms with Gasteiger partial charge in [0, 0.05) is 18.2 Å². The molecule has 1 aliphatic rings. The van der Waals surface area contributed by atoms with Crippen molar-refractivity contribution in [1.82, 2.24) is 19.7 Å². The summed E-state index contributed by atoms with van der Waals surface area (Å²) < 4.78 is 1.26. The van der Waals surface area contributed by atoms with E-state index in [2.05, 4.69) is 33.3 Å². The Bertz CT molecular complexity index is 876. The van der Waals surface area contributed by atoms with Gasteiger partial charge in [-0.15, -0.1) is 0 Å². The Morgan fingerprint density at radius 2 is 2.04 bits per heavy atom. The van der Waals surface area contributed by atoms with Crippen molar-refractivity contribution in [2.24, 2.45) is 5.73 Å². The Hall–Kier alpha value is -3.28. The summed E-state index contributed by atoms with van der Waals surface area (Å²) in [5.41, 5.74) is 8.60. The van der Waals surface area contributed by atoms with Crippen molar-refractivity contribution in [3.63, 3.8) is 0 Å². The first kappa shape index (κ1) is 14.3. The minimum atomic E-state index is -0.587. The summed E-state index contributed by atoms with van der Waals surface area (Å²) in [5.74, 6) is 0. The van der Waals surface area contributed by atoms with Gasteiger partial charge in [-0.1, -0.05) is 42.5 Å². The Morgan fingerprint density at radius 1 is 1.21 bits per heavy atom. The monoisotopic (exact) mass is 317 g/mol. The van der Waals surface area contributed by atoms with E-state index in [9.17, 15) is 4.79 Å². The summed E-state index contributed by atoms with van der Waals surface area (Å²) in [6.07, 6.45) is 9.55. The van der Waals surface area contributed by atoms with Crippen molar-refractivity contribution in [2.45, 2.75) is 11.8 Å². The van der Waals surface area contributed by atoms with Crippen LogP contribution >= 0.6 is 0 Å². The number of allylic oxidation sites excluding steroid dienone is 1. The number of fused-ring (bicyclic) bond motifs is 1. The summed E-state index contributed by atoms with van der Waals surface area (Å²) in [7, 11) is 0. The van der Waals surface area contributed by atoms with Crippen LogP contribution in [0.4, 0.5) is 4.79 Å². The van der Waals surface area contributed by atoms with E-state index in [-0.39, 0.29) is 0 Å². The SMILES string of the molecule is NC(=O)n1ncc2c1CC(c1ccccc1)(c1ccncn1)C=C2. The predicted octanol–water partition coefficient (Wildman–Crippen LogP) is 2.16. The molecule has 24 heavy (non-hydrogen) atoms. The van der Waals surface area contributed by atoms with Gasteiger partial charge in [-0.2, -0.15) is 9.78 Å². The smallest absolute Gasteiger partial charge is 0.339 e. The third-order valence-electron chi connectivity index (χ3n) is 4.43. The molecule has 0 saturated heterocycles. The van der Waals surface area contributed by atoms with Crippen LogP contribution < -0.4 is 5.73 Å². The number of carbonyl (C=O) groups is 1. The van der Waals surface area contributed by atoms with Crippen LogP contribution in [0, 0.1) is 0 Å². The molecule has 0 radical (unpaired) electrons. The van der Waals surface area contributed by atoms with Gasteiger partial charge in [0.2, 0.25) is 0 Å². The lowest BCUT2D eigenvalue weighted by Crippen LogP contribution is -2.34. The lowest BCUT2D eigenvalue weighted by atomic mass is 9.71. The average molecular weight is 317 g/mol. The number of benzene rings is 1. The lowest BCUT2D eigenvalue weighted by Gasteiger charge is -2.33.